The Kier molecular flexibility index (Phi) is 2.76. The van der Waals surface area contributed by atoms with E-state index in [1.54, 1.807) is 12.4 Å². The van der Waals surface area contributed by atoms with Crippen LogP contribution in [0.4, 0.5) is 0 Å². The fraction of sp³-hybridized carbons (Fsp3) is 0.250. The molecule has 0 aromatic carbocycles. The van der Waals surface area contributed by atoms with Crippen molar-refractivity contribution in [2.75, 3.05) is 0 Å². The second kappa shape index (κ2) is 4.42. The number of oxazole rings is 1. The Balaban J connectivity index is 2.09. The van der Waals surface area contributed by atoms with Gasteiger partial charge in [-0.05, 0) is 12.1 Å². The number of halogens is 1. The van der Waals surface area contributed by atoms with Gasteiger partial charge in [-0.1, -0.05) is 0 Å². The number of nitrogens with zero attached hydrogens (tertiary/aromatic N) is 4. The van der Waals surface area contributed by atoms with E-state index < -0.39 is 0 Å². The van der Waals surface area contributed by atoms with Gasteiger partial charge >= 0.3 is 0 Å². The minimum atomic E-state index is 0.337. The van der Waals surface area contributed by atoms with Gasteiger partial charge in [0.05, 0.1) is 18.6 Å². The molecule has 0 radical (unpaired) electrons. The molecule has 0 saturated heterocycles. The molecule has 0 bridgehead atoms. The monoisotopic (exact) mass is 262 g/mol. The Bertz CT molecular complexity index is 688. The van der Waals surface area contributed by atoms with Crippen LogP contribution in [0.15, 0.2) is 28.9 Å². The van der Waals surface area contributed by atoms with Gasteiger partial charge < -0.3 is 8.98 Å². The molecule has 92 valence electrons. The third-order valence-electron chi connectivity index (χ3n) is 2.69. The van der Waals surface area contributed by atoms with E-state index in [1.807, 2.05) is 23.6 Å². The van der Waals surface area contributed by atoms with Crippen molar-refractivity contribution < 1.29 is 4.42 Å². The Labute approximate surface area is 108 Å². The highest BCUT2D eigenvalue weighted by Gasteiger charge is 2.12. The van der Waals surface area contributed by atoms with Gasteiger partial charge in [-0.2, -0.15) is 0 Å². The number of pyridine rings is 1. The van der Waals surface area contributed by atoms with Crippen LogP contribution in [0.5, 0.6) is 0 Å². The van der Waals surface area contributed by atoms with Gasteiger partial charge in [0.25, 0.3) is 0 Å². The molecule has 3 aromatic heterocycles. The van der Waals surface area contributed by atoms with Crippen molar-refractivity contribution in [1.82, 2.24) is 19.5 Å². The lowest BCUT2D eigenvalue weighted by Gasteiger charge is -2.03. The summed E-state index contributed by atoms with van der Waals surface area (Å²) in [5, 5.41) is 0. The summed E-state index contributed by atoms with van der Waals surface area (Å²) in [6, 6.07) is 3.77. The first-order valence-corrected chi connectivity index (χ1v) is 6.09. The first-order valence-electron chi connectivity index (χ1n) is 5.55. The van der Waals surface area contributed by atoms with E-state index in [-0.39, 0.29) is 0 Å². The molecule has 0 amide bonds. The largest absolute Gasteiger partial charge is 0.444 e. The van der Waals surface area contributed by atoms with Gasteiger partial charge in [-0.3, -0.25) is 0 Å². The van der Waals surface area contributed by atoms with Crippen LogP contribution in [-0.4, -0.2) is 19.5 Å². The Hall–Kier alpha value is -1.88. The average Bonchev–Trinajstić information content (AvgIpc) is 2.94. The minimum absolute atomic E-state index is 0.337. The zero-order valence-corrected chi connectivity index (χ0v) is 10.6. The number of fused-ring (bicyclic) bond motifs is 1. The predicted molar refractivity (Wildman–Crippen MR) is 67.4 cm³/mol. The van der Waals surface area contributed by atoms with Gasteiger partial charge in [-0.25, -0.2) is 15.0 Å². The van der Waals surface area contributed by atoms with Crippen molar-refractivity contribution in [2.24, 2.45) is 0 Å². The topological polar surface area (TPSA) is 56.7 Å². The molecule has 18 heavy (non-hydrogen) atoms. The molecule has 0 N–H and O–H groups in total. The highest BCUT2D eigenvalue weighted by molar-refractivity contribution is 6.16. The van der Waals surface area contributed by atoms with Gasteiger partial charge in [0.1, 0.15) is 17.1 Å². The molecule has 3 heterocycles. The van der Waals surface area contributed by atoms with Crippen LogP contribution >= 0.6 is 11.6 Å². The molecule has 0 unspecified atom stereocenters. The lowest BCUT2D eigenvalue weighted by Crippen LogP contribution is -2.03. The van der Waals surface area contributed by atoms with Crippen LogP contribution in [0.1, 0.15) is 17.5 Å². The van der Waals surface area contributed by atoms with Crippen LogP contribution in [-0.2, 0) is 12.4 Å². The summed E-state index contributed by atoms with van der Waals surface area (Å²) in [5.41, 5.74) is 1.64. The normalized spacial score (nSPS) is 11.2. The highest BCUT2D eigenvalue weighted by atomic mass is 35.5. The van der Waals surface area contributed by atoms with E-state index in [0.29, 0.717) is 18.3 Å². The van der Waals surface area contributed by atoms with Gasteiger partial charge in [0.15, 0.2) is 11.5 Å². The zero-order valence-electron chi connectivity index (χ0n) is 9.80. The van der Waals surface area contributed by atoms with E-state index in [2.05, 4.69) is 15.0 Å². The lowest BCUT2D eigenvalue weighted by atomic mass is 10.4. The van der Waals surface area contributed by atoms with Crippen LogP contribution < -0.4 is 0 Å². The van der Waals surface area contributed by atoms with E-state index in [4.69, 9.17) is 16.0 Å². The summed E-state index contributed by atoms with van der Waals surface area (Å²) in [6.45, 7) is 2.35. The lowest BCUT2D eigenvalue weighted by molar-refractivity contribution is 0.462. The Morgan fingerprint density at radius 3 is 3.00 bits per heavy atom. The standard InChI is InChI=1S/C12H11ClN4O/c1-8-15-6-9(18-8)7-17-11(5-13)16-10-3-2-4-14-12(10)17/h2-4,6H,5,7H2,1H3. The number of alkyl halides is 1. The second-order valence-corrected chi connectivity index (χ2v) is 4.21. The second-order valence-electron chi connectivity index (χ2n) is 3.94. The SMILES string of the molecule is Cc1ncc(Cn2c(CCl)nc3cccnc32)o1. The fourth-order valence-corrected chi connectivity index (χ4v) is 2.11. The van der Waals surface area contributed by atoms with Crippen molar-refractivity contribution in [3.63, 3.8) is 0 Å². The Morgan fingerprint density at radius 2 is 2.28 bits per heavy atom. The fourth-order valence-electron chi connectivity index (χ4n) is 1.91. The summed E-state index contributed by atoms with van der Waals surface area (Å²) >= 11 is 5.92. The van der Waals surface area contributed by atoms with Crippen molar-refractivity contribution in [3.8, 4) is 0 Å². The van der Waals surface area contributed by atoms with E-state index >= 15 is 0 Å². The Morgan fingerprint density at radius 1 is 1.39 bits per heavy atom. The van der Waals surface area contributed by atoms with Gasteiger partial charge in [0.2, 0.25) is 0 Å². The number of hydrogen-bond donors (Lipinski definition) is 0. The quantitative estimate of drug-likeness (QED) is 0.681. The molecular weight excluding hydrogens is 252 g/mol. The van der Waals surface area contributed by atoms with E-state index in [9.17, 15) is 0 Å². The number of imidazole rings is 1. The van der Waals surface area contributed by atoms with Crippen LogP contribution in [0.3, 0.4) is 0 Å². The maximum absolute atomic E-state index is 5.92. The molecule has 3 rings (SSSR count). The number of rotatable bonds is 3. The number of aromatic nitrogens is 4. The number of hydrogen-bond acceptors (Lipinski definition) is 4. The molecule has 0 aliphatic heterocycles. The first kappa shape index (κ1) is 11.2. The molecule has 0 fully saturated rings. The van der Waals surface area contributed by atoms with Crippen molar-refractivity contribution in [2.45, 2.75) is 19.3 Å². The molecule has 0 aliphatic carbocycles. The first-order chi connectivity index (χ1) is 8.78. The average molecular weight is 263 g/mol. The molecule has 0 spiro atoms. The third kappa shape index (κ3) is 1.86. The van der Waals surface area contributed by atoms with E-state index in [0.717, 1.165) is 22.7 Å². The van der Waals surface area contributed by atoms with Gasteiger partial charge in [-0.15, -0.1) is 11.6 Å². The third-order valence-corrected chi connectivity index (χ3v) is 2.92. The predicted octanol–water partition coefficient (Wildman–Crippen LogP) is 2.51. The summed E-state index contributed by atoms with van der Waals surface area (Å²) in [7, 11) is 0. The summed E-state index contributed by atoms with van der Waals surface area (Å²) in [4.78, 5) is 12.9. The van der Waals surface area contributed by atoms with Crippen molar-refractivity contribution in [1.29, 1.82) is 0 Å². The van der Waals surface area contributed by atoms with Crippen LogP contribution in [0.25, 0.3) is 11.2 Å². The summed E-state index contributed by atoms with van der Waals surface area (Å²) in [6.07, 6.45) is 3.45. The molecule has 5 nitrogen and oxygen atoms in total. The molecular formula is C12H11ClN4O. The minimum Gasteiger partial charge on any atom is -0.444 e. The summed E-state index contributed by atoms with van der Waals surface area (Å²) in [5.74, 6) is 2.53. The zero-order chi connectivity index (χ0) is 12.5. The van der Waals surface area contributed by atoms with Crippen LogP contribution in [0, 0.1) is 6.92 Å². The van der Waals surface area contributed by atoms with Crippen molar-refractivity contribution in [3.05, 3.63) is 42.0 Å². The molecule has 0 saturated carbocycles. The molecule has 6 heteroatoms. The maximum Gasteiger partial charge on any atom is 0.191 e. The highest BCUT2D eigenvalue weighted by Crippen LogP contribution is 2.17. The number of aryl methyl sites for hydroxylation is 1. The molecule has 0 atom stereocenters. The molecule has 0 aliphatic rings. The van der Waals surface area contributed by atoms with Crippen molar-refractivity contribution >= 4 is 22.8 Å². The summed E-state index contributed by atoms with van der Waals surface area (Å²) < 4.78 is 7.42. The van der Waals surface area contributed by atoms with Gasteiger partial charge in [0, 0.05) is 13.1 Å². The maximum atomic E-state index is 5.92. The van der Waals surface area contributed by atoms with E-state index in [1.165, 1.54) is 0 Å². The van der Waals surface area contributed by atoms with Crippen LogP contribution in [0.2, 0.25) is 0 Å². The smallest absolute Gasteiger partial charge is 0.191 e. The molecule has 3 aromatic rings.